The molecule has 0 aromatic heterocycles. The Morgan fingerprint density at radius 3 is 2.79 bits per heavy atom. The number of hydrogen-bond acceptors (Lipinski definition) is 3. The maximum absolute atomic E-state index is 13.4. The minimum atomic E-state index is -1.00. The summed E-state index contributed by atoms with van der Waals surface area (Å²) in [5.41, 5.74) is -0.284. The Hall–Kier alpha value is -1.70. The number of nitriles is 1. The second-order valence-corrected chi connectivity index (χ2v) is 6.17. The molecule has 4 nitrogen and oxygen atoms in total. The van der Waals surface area contributed by atoms with Crippen molar-refractivity contribution in [3.05, 3.63) is 35.1 Å². The number of halogens is 1. The predicted octanol–water partition coefficient (Wildman–Crippen LogP) is 1.30. The van der Waals surface area contributed by atoms with Crippen LogP contribution in [0.5, 0.6) is 0 Å². The van der Waals surface area contributed by atoms with Gasteiger partial charge in [-0.1, -0.05) is 0 Å². The van der Waals surface area contributed by atoms with E-state index in [1.54, 1.807) is 6.92 Å². The Morgan fingerprint density at radius 1 is 1.47 bits per heavy atom. The maximum atomic E-state index is 13.4. The number of amides is 2. The normalized spacial score (nSPS) is 22.1. The van der Waals surface area contributed by atoms with E-state index in [9.17, 15) is 14.0 Å². The van der Waals surface area contributed by atoms with Gasteiger partial charge in [-0.05, 0) is 0 Å². The van der Waals surface area contributed by atoms with E-state index in [4.69, 9.17) is 5.26 Å². The van der Waals surface area contributed by atoms with E-state index in [1.165, 1.54) is 25.2 Å². The Balaban J connectivity index is 2.64. The summed E-state index contributed by atoms with van der Waals surface area (Å²) in [6, 6.07) is 3.83. The van der Waals surface area contributed by atoms with Gasteiger partial charge in [0.2, 0.25) is 0 Å². The van der Waals surface area contributed by atoms with Crippen molar-refractivity contribution in [2.24, 2.45) is 0 Å². The van der Waals surface area contributed by atoms with Crippen LogP contribution in [0.1, 0.15) is 22.8 Å². The number of benzene rings is 1. The van der Waals surface area contributed by atoms with Crippen LogP contribution in [0.15, 0.2) is 18.2 Å². The van der Waals surface area contributed by atoms with Gasteiger partial charge in [-0.15, -0.1) is 0 Å². The van der Waals surface area contributed by atoms with Crippen LogP contribution in [0.4, 0.5) is 4.39 Å². The molecular formula is C13H11FN2O2Se. The summed E-state index contributed by atoms with van der Waals surface area (Å²) in [7, 11) is 1.41. The van der Waals surface area contributed by atoms with Gasteiger partial charge in [0.1, 0.15) is 0 Å². The molecule has 6 heteroatoms. The Bertz CT molecular complexity index is 611. The van der Waals surface area contributed by atoms with Gasteiger partial charge in [0.05, 0.1) is 0 Å². The van der Waals surface area contributed by atoms with Gasteiger partial charge in [-0.3, -0.25) is 0 Å². The first kappa shape index (κ1) is 13.7. The zero-order valence-electron chi connectivity index (χ0n) is 10.4. The standard InChI is InChI=1S/C13H11FN2O2Se/c1-13(6-19-7-15)10-5-8(14)3-4-9(10)11(17)16(2)12(13)18/h3-5H,6H2,1-2H3. The number of fused-ring (bicyclic) bond motifs is 1. The molecular weight excluding hydrogens is 314 g/mol. The van der Waals surface area contributed by atoms with E-state index < -0.39 is 32.1 Å². The van der Waals surface area contributed by atoms with Gasteiger partial charge in [0.15, 0.2) is 0 Å². The Kier molecular flexibility index (Phi) is 3.44. The third-order valence-corrected chi connectivity index (χ3v) is 5.10. The summed E-state index contributed by atoms with van der Waals surface area (Å²) >= 11 is -0.394. The number of likely N-dealkylation sites (N-methyl/N-ethyl adjacent to an activating group) is 1. The molecule has 0 bridgehead atoms. The van der Waals surface area contributed by atoms with Crippen molar-refractivity contribution in [1.82, 2.24) is 4.90 Å². The molecule has 98 valence electrons. The molecule has 0 fully saturated rings. The topological polar surface area (TPSA) is 61.2 Å². The monoisotopic (exact) mass is 326 g/mol. The van der Waals surface area contributed by atoms with Gasteiger partial charge in [-0.2, -0.15) is 0 Å². The summed E-state index contributed by atoms with van der Waals surface area (Å²) in [5, 5.41) is 9.05. The van der Waals surface area contributed by atoms with Gasteiger partial charge >= 0.3 is 116 Å². The van der Waals surface area contributed by atoms with Gasteiger partial charge in [-0.25, -0.2) is 0 Å². The van der Waals surface area contributed by atoms with Gasteiger partial charge in [0.25, 0.3) is 0 Å². The van der Waals surface area contributed by atoms with Crippen molar-refractivity contribution < 1.29 is 14.0 Å². The zero-order chi connectivity index (χ0) is 14.2. The second-order valence-electron chi connectivity index (χ2n) is 4.57. The van der Waals surface area contributed by atoms with E-state index in [1.807, 2.05) is 4.97 Å². The third kappa shape index (κ3) is 2.05. The zero-order valence-corrected chi connectivity index (χ0v) is 12.1. The summed E-state index contributed by atoms with van der Waals surface area (Å²) in [6.07, 6.45) is 0. The van der Waals surface area contributed by atoms with Gasteiger partial charge in [0, 0.05) is 0 Å². The van der Waals surface area contributed by atoms with Crippen molar-refractivity contribution in [1.29, 1.82) is 5.26 Å². The molecule has 1 aromatic carbocycles. The van der Waals surface area contributed by atoms with Crippen LogP contribution in [0.3, 0.4) is 0 Å². The van der Waals surface area contributed by atoms with Crippen LogP contribution in [0.2, 0.25) is 5.32 Å². The first-order valence-corrected chi connectivity index (χ1v) is 7.62. The number of nitrogens with zero attached hydrogens (tertiary/aromatic N) is 2. The second kappa shape index (κ2) is 4.76. The van der Waals surface area contributed by atoms with Crippen LogP contribution in [0, 0.1) is 16.0 Å². The summed E-state index contributed by atoms with van der Waals surface area (Å²) in [6.45, 7) is 1.66. The molecule has 0 saturated heterocycles. The van der Waals surface area contributed by atoms with Crippen molar-refractivity contribution in [2.75, 3.05) is 7.05 Å². The number of imide groups is 1. The first-order chi connectivity index (χ1) is 8.91. The van der Waals surface area contributed by atoms with E-state index in [0.29, 0.717) is 16.4 Å². The van der Waals surface area contributed by atoms with E-state index in [0.717, 1.165) is 4.90 Å². The summed E-state index contributed by atoms with van der Waals surface area (Å²) in [4.78, 5) is 27.4. The van der Waals surface area contributed by atoms with E-state index in [2.05, 4.69) is 0 Å². The van der Waals surface area contributed by atoms with E-state index >= 15 is 0 Å². The number of carbonyl (C=O) groups is 2. The summed E-state index contributed by atoms with van der Waals surface area (Å²) in [5.74, 6) is -1.30. The van der Waals surface area contributed by atoms with Crippen LogP contribution in [0.25, 0.3) is 0 Å². The van der Waals surface area contributed by atoms with Crippen LogP contribution in [-0.2, 0) is 10.2 Å². The predicted molar refractivity (Wildman–Crippen MR) is 67.0 cm³/mol. The molecule has 0 aliphatic carbocycles. The van der Waals surface area contributed by atoms with Crippen molar-refractivity contribution in [3.8, 4) is 4.97 Å². The van der Waals surface area contributed by atoms with Gasteiger partial charge < -0.3 is 0 Å². The number of hydrogen-bond donors (Lipinski definition) is 0. The molecule has 1 atom stereocenters. The average Bonchev–Trinajstić information content (AvgIpc) is 2.41. The van der Waals surface area contributed by atoms with E-state index in [-0.39, 0.29) is 5.91 Å². The number of rotatable bonds is 2. The minimum absolute atomic E-state index is 0.323. The van der Waals surface area contributed by atoms with Crippen molar-refractivity contribution >= 4 is 26.8 Å². The molecule has 1 aliphatic rings. The fourth-order valence-electron chi connectivity index (χ4n) is 2.23. The molecule has 1 aromatic rings. The molecule has 0 spiro atoms. The molecule has 19 heavy (non-hydrogen) atoms. The average molecular weight is 325 g/mol. The molecule has 0 N–H and O–H groups in total. The third-order valence-electron chi connectivity index (χ3n) is 3.31. The Morgan fingerprint density at radius 2 is 2.16 bits per heavy atom. The molecule has 2 amide bonds. The first-order valence-electron chi connectivity index (χ1n) is 5.55. The van der Waals surface area contributed by atoms with Crippen LogP contribution in [-0.4, -0.2) is 38.7 Å². The molecule has 0 radical (unpaired) electrons. The molecule has 2 rings (SSSR count). The fraction of sp³-hybridized carbons (Fsp3) is 0.308. The molecule has 1 aliphatic heterocycles. The SMILES string of the molecule is CN1C(=O)c2ccc(F)cc2C(C)(C[Se]C#N)C1=O. The molecule has 0 saturated carbocycles. The molecule has 1 heterocycles. The van der Waals surface area contributed by atoms with Crippen molar-refractivity contribution in [3.63, 3.8) is 0 Å². The van der Waals surface area contributed by atoms with Crippen molar-refractivity contribution in [2.45, 2.75) is 17.7 Å². The van der Waals surface area contributed by atoms with Crippen LogP contribution < -0.4 is 0 Å². The number of carbonyl (C=O) groups excluding carboxylic acids is 2. The quantitative estimate of drug-likeness (QED) is 0.608. The molecule has 1 unspecified atom stereocenters. The Labute approximate surface area is 116 Å². The fourth-order valence-corrected chi connectivity index (χ4v) is 3.56. The van der Waals surface area contributed by atoms with Crippen LogP contribution >= 0.6 is 0 Å². The summed E-state index contributed by atoms with van der Waals surface area (Å²) < 4.78 is 13.4.